The molecule has 2 aromatic carbocycles. The summed E-state index contributed by atoms with van der Waals surface area (Å²) < 4.78 is 43.8. The van der Waals surface area contributed by atoms with Gasteiger partial charge in [-0.15, -0.1) is 0 Å². The van der Waals surface area contributed by atoms with Crippen LogP contribution in [-0.4, -0.2) is 38.6 Å². The number of nitrogens with zero attached hydrogens (tertiary/aromatic N) is 2. The molecule has 9 heteroatoms. The number of carbonyl (C=O) groups is 1. The summed E-state index contributed by atoms with van der Waals surface area (Å²) in [6.45, 7) is 0. The van der Waals surface area contributed by atoms with Crippen LogP contribution in [0.25, 0.3) is 0 Å². The zero-order chi connectivity index (χ0) is 21.2. The fourth-order valence-electron chi connectivity index (χ4n) is 3.23. The second-order valence-electron chi connectivity index (χ2n) is 6.65. The first-order chi connectivity index (χ1) is 13.7. The molecule has 0 aromatic heterocycles. The Hall–Kier alpha value is -3.38. The smallest absolute Gasteiger partial charge is 0.257 e. The van der Waals surface area contributed by atoms with Crippen molar-refractivity contribution in [3.05, 3.63) is 71.7 Å². The first kappa shape index (κ1) is 20.4. The minimum Gasteiger partial charge on any atom is -0.457 e. The summed E-state index contributed by atoms with van der Waals surface area (Å²) in [5.41, 5.74) is 0.974. The highest BCUT2D eigenvalue weighted by molar-refractivity contribution is 7.89. The summed E-state index contributed by atoms with van der Waals surface area (Å²) in [6, 6.07) is 13.5. The number of halogens is 1. The Morgan fingerprint density at radius 1 is 1.21 bits per heavy atom. The molecule has 0 bridgehead atoms. The predicted octanol–water partition coefficient (Wildman–Crippen LogP) is 2.50. The molecular weight excluding hydrogens is 397 g/mol. The van der Waals surface area contributed by atoms with Crippen molar-refractivity contribution < 1.29 is 22.3 Å². The minimum atomic E-state index is -3.74. The SMILES string of the molecule is CN1C=C(C#N)C(c2ccc(Oc3cccc(F)c3)cc2)C1C(=O)NS(C)(=O)=O. The molecule has 0 spiro atoms. The van der Waals surface area contributed by atoms with Gasteiger partial charge in [0.1, 0.15) is 23.4 Å². The van der Waals surface area contributed by atoms with Crippen molar-refractivity contribution in [2.45, 2.75) is 12.0 Å². The molecule has 29 heavy (non-hydrogen) atoms. The van der Waals surface area contributed by atoms with E-state index < -0.39 is 33.7 Å². The van der Waals surface area contributed by atoms with E-state index in [9.17, 15) is 22.9 Å². The van der Waals surface area contributed by atoms with Crippen LogP contribution in [0.2, 0.25) is 0 Å². The maximum Gasteiger partial charge on any atom is 0.257 e. The maximum absolute atomic E-state index is 13.3. The van der Waals surface area contributed by atoms with Gasteiger partial charge >= 0.3 is 0 Å². The first-order valence-electron chi connectivity index (χ1n) is 8.57. The molecule has 3 rings (SSSR count). The van der Waals surface area contributed by atoms with Gasteiger partial charge in [0.05, 0.1) is 17.9 Å². The zero-order valence-electron chi connectivity index (χ0n) is 15.7. The average Bonchev–Trinajstić information content (AvgIpc) is 2.97. The van der Waals surface area contributed by atoms with Gasteiger partial charge in [0, 0.05) is 25.2 Å². The van der Waals surface area contributed by atoms with Gasteiger partial charge in [0.15, 0.2) is 0 Å². The number of sulfonamides is 1. The fraction of sp³-hybridized carbons (Fsp3) is 0.200. The van der Waals surface area contributed by atoms with Crippen molar-refractivity contribution >= 4 is 15.9 Å². The highest BCUT2D eigenvalue weighted by Gasteiger charge is 2.40. The number of nitriles is 1. The molecule has 2 atom stereocenters. The van der Waals surface area contributed by atoms with Crippen LogP contribution in [0.4, 0.5) is 4.39 Å². The van der Waals surface area contributed by atoms with Crippen molar-refractivity contribution in [3.8, 4) is 17.6 Å². The Balaban J connectivity index is 1.87. The molecule has 7 nitrogen and oxygen atoms in total. The lowest BCUT2D eigenvalue weighted by molar-refractivity contribution is -0.123. The maximum atomic E-state index is 13.3. The number of likely N-dealkylation sites (N-methyl/N-ethyl adjacent to an activating group) is 1. The first-order valence-corrected chi connectivity index (χ1v) is 10.5. The fourth-order valence-corrected chi connectivity index (χ4v) is 3.72. The molecule has 0 saturated heterocycles. The molecule has 1 heterocycles. The predicted molar refractivity (Wildman–Crippen MR) is 104 cm³/mol. The average molecular weight is 415 g/mol. The molecule has 0 radical (unpaired) electrons. The van der Waals surface area contributed by atoms with E-state index in [1.54, 1.807) is 37.4 Å². The van der Waals surface area contributed by atoms with Gasteiger partial charge in [-0.2, -0.15) is 5.26 Å². The number of amides is 1. The Kier molecular flexibility index (Phi) is 5.57. The minimum absolute atomic E-state index is 0.333. The number of ether oxygens (including phenoxy) is 1. The summed E-state index contributed by atoms with van der Waals surface area (Å²) in [5.74, 6) is -1.00. The summed E-state index contributed by atoms with van der Waals surface area (Å²) in [6.07, 6.45) is 2.42. The third-order valence-electron chi connectivity index (χ3n) is 4.39. The van der Waals surface area contributed by atoms with E-state index in [0.717, 1.165) is 6.26 Å². The normalized spacial score (nSPS) is 18.7. The quantitative estimate of drug-likeness (QED) is 0.806. The molecule has 1 aliphatic heterocycles. The molecule has 1 N–H and O–H groups in total. The van der Waals surface area contributed by atoms with Crippen molar-refractivity contribution in [1.29, 1.82) is 5.26 Å². The van der Waals surface area contributed by atoms with Crippen LogP contribution in [0.1, 0.15) is 11.5 Å². The third-order valence-corrected chi connectivity index (χ3v) is 4.96. The summed E-state index contributed by atoms with van der Waals surface area (Å²) in [5, 5.41) is 9.47. The Morgan fingerprint density at radius 3 is 2.48 bits per heavy atom. The molecule has 2 aromatic rings. The standard InChI is InChI=1S/C20H18FN3O4S/c1-24-12-14(11-22)18(19(24)20(25)23-29(2,26)27)13-6-8-16(9-7-13)28-17-5-3-4-15(21)10-17/h3-10,12,18-19H,1-2H3,(H,23,25). The molecule has 1 amide bonds. The van der Waals surface area contributed by atoms with Crippen LogP contribution in [-0.2, 0) is 14.8 Å². The number of rotatable bonds is 5. The van der Waals surface area contributed by atoms with Crippen LogP contribution >= 0.6 is 0 Å². The van der Waals surface area contributed by atoms with E-state index in [4.69, 9.17) is 4.74 Å². The number of benzene rings is 2. The van der Waals surface area contributed by atoms with Crippen LogP contribution in [0.5, 0.6) is 11.5 Å². The lowest BCUT2D eigenvalue weighted by Gasteiger charge is -2.25. The molecule has 0 saturated carbocycles. The molecule has 2 unspecified atom stereocenters. The summed E-state index contributed by atoms with van der Waals surface area (Å²) in [4.78, 5) is 14.0. The van der Waals surface area contributed by atoms with Crippen molar-refractivity contribution in [2.24, 2.45) is 0 Å². The van der Waals surface area contributed by atoms with Crippen LogP contribution in [0.3, 0.4) is 0 Å². The van der Waals surface area contributed by atoms with Gasteiger partial charge in [-0.25, -0.2) is 12.8 Å². The summed E-state index contributed by atoms with van der Waals surface area (Å²) in [7, 11) is -2.14. The molecular formula is C20H18FN3O4S. The van der Waals surface area contributed by atoms with Gasteiger partial charge in [-0.3, -0.25) is 9.52 Å². The van der Waals surface area contributed by atoms with E-state index in [2.05, 4.69) is 6.07 Å². The Labute approximate surface area is 168 Å². The van der Waals surface area contributed by atoms with Gasteiger partial charge < -0.3 is 9.64 Å². The van der Waals surface area contributed by atoms with E-state index in [0.29, 0.717) is 22.6 Å². The Morgan fingerprint density at radius 2 is 1.90 bits per heavy atom. The number of hydrogen-bond donors (Lipinski definition) is 1. The Bertz CT molecular complexity index is 1110. The molecule has 0 fully saturated rings. The van der Waals surface area contributed by atoms with Gasteiger partial charge in [0.2, 0.25) is 10.0 Å². The van der Waals surface area contributed by atoms with Crippen LogP contribution < -0.4 is 9.46 Å². The lowest BCUT2D eigenvalue weighted by atomic mass is 9.87. The summed E-state index contributed by atoms with van der Waals surface area (Å²) >= 11 is 0. The van der Waals surface area contributed by atoms with Crippen molar-refractivity contribution in [3.63, 3.8) is 0 Å². The second kappa shape index (κ2) is 7.93. The monoisotopic (exact) mass is 415 g/mol. The number of hydrogen-bond acceptors (Lipinski definition) is 6. The largest absolute Gasteiger partial charge is 0.457 e. The highest BCUT2D eigenvalue weighted by atomic mass is 32.2. The van der Waals surface area contributed by atoms with Crippen molar-refractivity contribution in [1.82, 2.24) is 9.62 Å². The van der Waals surface area contributed by atoms with Crippen LogP contribution in [0, 0.1) is 17.1 Å². The van der Waals surface area contributed by atoms with E-state index in [1.165, 1.54) is 29.3 Å². The number of nitrogens with one attached hydrogen (secondary N) is 1. The second-order valence-corrected chi connectivity index (χ2v) is 8.40. The molecule has 1 aliphatic rings. The van der Waals surface area contributed by atoms with Gasteiger partial charge in [-0.1, -0.05) is 18.2 Å². The van der Waals surface area contributed by atoms with Gasteiger partial charge in [-0.05, 0) is 29.8 Å². The van der Waals surface area contributed by atoms with Crippen molar-refractivity contribution in [2.75, 3.05) is 13.3 Å². The topological polar surface area (TPSA) is 99.5 Å². The van der Waals surface area contributed by atoms with E-state index >= 15 is 0 Å². The number of carbonyl (C=O) groups excluding carboxylic acids is 1. The molecule has 150 valence electrons. The van der Waals surface area contributed by atoms with E-state index in [-0.39, 0.29) is 0 Å². The highest BCUT2D eigenvalue weighted by Crippen LogP contribution is 2.37. The molecule has 0 aliphatic carbocycles. The van der Waals surface area contributed by atoms with Gasteiger partial charge in [0.25, 0.3) is 5.91 Å². The van der Waals surface area contributed by atoms with Crippen LogP contribution in [0.15, 0.2) is 60.3 Å². The lowest BCUT2D eigenvalue weighted by Crippen LogP contribution is -2.45. The third kappa shape index (κ3) is 4.73. The van der Waals surface area contributed by atoms with E-state index in [1.807, 2.05) is 4.72 Å². The zero-order valence-corrected chi connectivity index (χ0v) is 16.5.